The molecule has 4 rings (SSSR count). The van der Waals surface area contributed by atoms with Crippen LogP contribution < -0.4 is 0 Å². The molecule has 0 amide bonds. The minimum atomic E-state index is 0.755. The van der Waals surface area contributed by atoms with Crippen molar-refractivity contribution in [2.24, 2.45) is 29.6 Å². The molecule has 3 fully saturated rings. The number of benzene rings is 1. The lowest BCUT2D eigenvalue weighted by molar-refractivity contribution is 0.152. The maximum Gasteiger partial charge on any atom is 0.0249 e. The molecule has 0 spiro atoms. The third-order valence-electron chi connectivity index (χ3n) is 10.5. The number of allylic oxidation sites excluding steroid dienone is 2. The molecular weight excluding hydrogens is 444 g/mol. The summed E-state index contributed by atoms with van der Waals surface area (Å²) >= 11 is 0. The monoisotopic (exact) mass is 500 g/mol. The van der Waals surface area contributed by atoms with Crippen LogP contribution in [0.3, 0.4) is 0 Å². The Kier molecular flexibility index (Phi) is 12.2. The van der Waals surface area contributed by atoms with Gasteiger partial charge in [0.15, 0.2) is 0 Å². The van der Waals surface area contributed by atoms with Gasteiger partial charge in [0.1, 0.15) is 0 Å². The summed E-state index contributed by atoms with van der Waals surface area (Å²) in [6.07, 6.45) is 31.9. The Morgan fingerprint density at radius 3 is 1.84 bits per heavy atom. The van der Waals surface area contributed by atoms with Crippen molar-refractivity contribution in [3.8, 4) is 11.8 Å². The summed E-state index contributed by atoms with van der Waals surface area (Å²) in [4.78, 5) is 0. The highest BCUT2D eigenvalue weighted by Crippen LogP contribution is 2.42. The van der Waals surface area contributed by atoms with Crippen molar-refractivity contribution in [1.82, 2.24) is 0 Å². The van der Waals surface area contributed by atoms with E-state index in [2.05, 4.69) is 62.1 Å². The van der Waals surface area contributed by atoms with E-state index < -0.39 is 0 Å². The van der Waals surface area contributed by atoms with Crippen LogP contribution in [0.5, 0.6) is 0 Å². The molecule has 0 N–H and O–H groups in total. The average molecular weight is 501 g/mol. The van der Waals surface area contributed by atoms with Gasteiger partial charge in [-0.2, -0.15) is 0 Å². The average Bonchev–Trinajstić information content (AvgIpc) is 2.96. The topological polar surface area (TPSA) is 0 Å². The van der Waals surface area contributed by atoms with Crippen LogP contribution in [0.15, 0.2) is 36.4 Å². The molecule has 0 radical (unpaired) electrons. The molecule has 1 aromatic carbocycles. The minimum absolute atomic E-state index is 0.755. The molecule has 37 heavy (non-hydrogen) atoms. The SMILES string of the molecule is CCCCCC1CCC(c2ccc(C#CC=CC3CCC(C4CCC(CCCC)CC4)CC3)cc2)CC1. The maximum absolute atomic E-state index is 3.39. The molecule has 3 aliphatic rings. The van der Waals surface area contributed by atoms with Gasteiger partial charge in [-0.25, -0.2) is 0 Å². The van der Waals surface area contributed by atoms with Crippen molar-refractivity contribution >= 4 is 0 Å². The lowest BCUT2D eigenvalue weighted by Gasteiger charge is -2.37. The molecular formula is C37H56. The van der Waals surface area contributed by atoms with Crippen molar-refractivity contribution in [2.75, 3.05) is 0 Å². The van der Waals surface area contributed by atoms with Crippen LogP contribution in [0.25, 0.3) is 0 Å². The van der Waals surface area contributed by atoms with E-state index in [4.69, 9.17) is 0 Å². The molecule has 0 atom stereocenters. The second kappa shape index (κ2) is 15.8. The van der Waals surface area contributed by atoms with Crippen molar-refractivity contribution in [3.63, 3.8) is 0 Å². The number of unbranched alkanes of at least 4 members (excludes halogenated alkanes) is 3. The first-order valence-corrected chi connectivity index (χ1v) is 16.5. The fourth-order valence-electron chi connectivity index (χ4n) is 7.87. The van der Waals surface area contributed by atoms with E-state index in [0.717, 1.165) is 35.5 Å². The molecule has 0 heteroatoms. The zero-order valence-electron chi connectivity index (χ0n) is 24.4. The molecule has 0 aromatic heterocycles. The van der Waals surface area contributed by atoms with Crippen LogP contribution in [0, 0.1) is 41.4 Å². The van der Waals surface area contributed by atoms with E-state index >= 15 is 0 Å². The van der Waals surface area contributed by atoms with E-state index in [9.17, 15) is 0 Å². The van der Waals surface area contributed by atoms with Gasteiger partial charge in [-0.05, 0) is 123 Å². The van der Waals surface area contributed by atoms with Crippen LogP contribution in [0.1, 0.15) is 153 Å². The molecule has 0 unspecified atom stereocenters. The van der Waals surface area contributed by atoms with Gasteiger partial charge < -0.3 is 0 Å². The second-order valence-electron chi connectivity index (χ2n) is 13.1. The smallest absolute Gasteiger partial charge is 0.0249 e. The summed E-state index contributed by atoms with van der Waals surface area (Å²) < 4.78 is 0. The molecule has 0 heterocycles. The van der Waals surface area contributed by atoms with Crippen molar-refractivity contribution < 1.29 is 0 Å². The van der Waals surface area contributed by atoms with Gasteiger partial charge in [0, 0.05) is 5.56 Å². The lowest BCUT2D eigenvalue weighted by atomic mass is 9.68. The van der Waals surface area contributed by atoms with Crippen LogP contribution in [0.4, 0.5) is 0 Å². The normalized spacial score (nSPS) is 30.6. The van der Waals surface area contributed by atoms with E-state index in [0.29, 0.717) is 0 Å². The van der Waals surface area contributed by atoms with Gasteiger partial charge >= 0.3 is 0 Å². The molecule has 0 saturated heterocycles. The quantitative estimate of drug-likeness (QED) is 0.221. The second-order valence-corrected chi connectivity index (χ2v) is 13.1. The molecule has 3 saturated carbocycles. The van der Waals surface area contributed by atoms with Crippen LogP contribution >= 0.6 is 0 Å². The molecule has 0 bridgehead atoms. The minimum Gasteiger partial charge on any atom is -0.0730 e. The highest BCUT2D eigenvalue weighted by atomic mass is 14.4. The Morgan fingerprint density at radius 1 is 0.649 bits per heavy atom. The predicted molar refractivity (Wildman–Crippen MR) is 162 cm³/mol. The summed E-state index contributed by atoms with van der Waals surface area (Å²) in [6, 6.07) is 9.22. The van der Waals surface area contributed by atoms with Gasteiger partial charge in [0.25, 0.3) is 0 Å². The fourth-order valence-corrected chi connectivity index (χ4v) is 7.87. The Labute approximate surface area is 230 Å². The molecule has 204 valence electrons. The van der Waals surface area contributed by atoms with E-state index in [1.54, 1.807) is 5.56 Å². The van der Waals surface area contributed by atoms with E-state index in [1.165, 1.54) is 128 Å². The van der Waals surface area contributed by atoms with Gasteiger partial charge in [-0.3, -0.25) is 0 Å². The summed E-state index contributed by atoms with van der Waals surface area (Å²) in [7, 11) is 0. The highest BCUT2D eigenvalue weighted by Gasteiger charge is 2.30. The summed E-state index contributed by atoms with van der Waals surface area (Å²) in [5.74, 6) is 12.3. The van der Waals surface area contributed by atoms with Crippen LogP contribution in [-0.4, -0.2) is 0 Å². The van der Waals surface area contributed by atoms with Gasteiger partial charge in [-0.1, -0.05) is 102 Å². The standard InChI is InChI=1S/C37H56/c1-3-5-7-11-31-16-24-35(25-17-31)37-28-20-33(21-29-37)13-9-8-12-32-18-26-36(27-19-32)34-22-14-30(15-23-34)10-6-4-2/h8,12,20-21,28-32,34-36H,3-7,10-11,14-19,22-27H2,1-2H3. The predicted octanol–water partition coefficient (Wildman–Crippen LogP) is 11.3. The zero-order chi connectivity index (χ0) is 25.7. The first-order valence-electron chi connectivity index (χ1n) is 16.5. The summed E-state index contributed by atoms with van der Waals surface area (Å²) in [5, 5.41) is 0. The molecule has 0 nitrogen and oxygen atoms in total. The van der Waals surface area contributed by atoms with Crippen molar-refractivity contribution in [3.05, 3.63) is 47.5 Å². The summed E-state index contributed by atoms with van der Waals surface area (Å²) in [5.41, 5.74) is 2.71. The highest BCUT2D eigenvalue weighted by molar-refractivity contribution is 5.39. The Hall–Kier alpha value is -1.48. The summed E-state index contributed by atoms with van der Waals surface area (Å²) in [6.45, 7) is 4.65. The van der Waals surface area contributed by atoms with Crippen molar-refractivity contribution in [1.29, 1.82) is 0 Å². The molecule has 0 aliphatic heterocycles. The van der Waals surface area contributed by atoms with Gasteiger partial charge in [-0.15, -0.1) is 0 Å². The number of hydrogen-bond donors (Lipinski definition) is 0. The fraction of sp³-hybridized carbons (Fsp3) is 0.730. The van der Waals surface area contributed by atoms with Crippen LogP contribution in [-0.2, 0) is 0 Å². The maximum atomic E-state index is 3.39. The zero-order valence-corrected chi connectivity index (χ0v) is 24.4. The van der Waals surface area contributed by atoms with Crippen molar-refractivity contribution in [2.45, 2.75) is 142 Å². The number of hydrogen-bond acceptors (Lipinski definition) is 0. The van der Waals surface area contributed by atoms with Crippen LogP contribution in [0.2, 0.25) is 0 Å². The first-order chi connectivity index (χ1) is 18.2. The first kappa shape index (κ1) is 28.5. The molecule has 3 aliphatic carbocycles. The largest absolute Gasteiger partial charge is 0.0730 e. The van der Waals surface area contributed by atoms with E-state index in [1.807, 2.05) is 0 Å². The molecule has 1 aromatic rings. The lowest BCUT2D eigenvalue weighted by Crippen LogP contribution is -2.25. The number of rotatable bonds is 10. The van der Waals surface area contributed by atoms with Gasteiger partial charge in [0.2, 0.25) is 0 Å². The van der Waals surface area contributed by atoms with Gasteiger partial charge in [0.05, 0.1) is 0 Å². The van der Waals surface area contributed by atoms with E-state index in [-0.39, 0.29) is 0 Å². The Morgan fingerprint density at radius 2 is 1.22 bits per heavy atom. The third kappa shape index (κ3) is 9.34. The Bertz CT molecular complexity index is 824. The Balaban J connectivity index is 1.14. The third-order valence-corrected chi connectivity index (χ3v) is 10.5.